The van der Waals surface area contributed by atoms with Crippen LogP contribution in [-0.4, -0.2) is 47.7 Å². The van der Waals surface area contributed by atoms with Gasteiger partial charge in [-0.15, -0.1) is 0 Å². The molecule has 0 radical (unpaired) electrons. The van der Waals surface area contributed by atoms with Crippen LogP contribution in [-0.2, 0) is 11.3 Å². The molecular formula is C17H23N5OS. The summed E-state index contributed by atoms with van der Waals surface area (Å²) in [5.41, 5.74) is 8.73. The predicted octanol–water partition coefficient (Wildman–Crippen LogP) is 2.18. The lowest BCUT2D eigenvalue weighted by molar-refractivity contribution is -0.127. The molecule has 0 saturated carbocycles. The van der Waals surface area contributed by atoms with Crippen molar-refractivity contribution in [3.8, 4) is 0 Å². The fourth-order valence-corrected chi connectivity index (χ4v) is 2.98. The number of thioether (sulfide) groups is 1. The maximum atomic E-state index is 12.3. The van der Waals surface area contributed by atoms with E-state index in [-0.39, 0.29) is 11.7 Å². The zero-order valence-corrected chi connectivity index (χ0v) is 15.3. The molecule has 0 aliphatic heterocycles. The van der Waals surface area contributed by atoms with E-state index in [0.717, 1.165) is 16.9 Å². The van der Waals surface area contributed by atoms with Crippen molar-refractivity contribution in [3.63, 3.8) is 0 Å². The fourth-order valence-electron chi connectivity index (χ4n) is 2.13. The number of nitrogens with zero attached hydrogens (tertiary/aromatic N) is 4. The average molecular weight is 345 g/mol. The standard InChI is InChI=1S/C17H23N5OS/c1-12-9-15(18)20-17(19-12)24-11-16(23)22(4)10-13-5-7-14(8-6-13)21(2)3/h5-9H,10-11H2,1-4H3,(H2,18,19,20). The summed E-state index contributed by atoms with van der Waals surface area (Å²) in [5, 5.41) is 0.532. The molecule has 0 aliphatic carbocycles. The highest BCUT2D eigenvalue weighted by molar-refractivity contribution is 7.99. The number of nitrogen functional groups attached to an aromatic ring is 1. The number of carbonyl (C=O) groups excluding carboxylic acids is 1. The molecule has 24 heavy (non-hydrogen) atoms. The summed E-state index contributed by atoms with van der Waals surface area (Å²) in [4.78, 5) is 24.4. The summed E-state index contributed by atoms with van der Waals surface area (Å²) in [7, 11) is 5.80. The Hall–Kier alpha value is -2.28. The van der Waals surface area contributed by atoms with E-state index >= 15 is 0 Å². The zero-order chi connectivity index (χ0) is 17.7. The zero-order valence-electron chi connectivity index (χ0n) is 14.5. The lowest BCUT2D eigenvalue weighted by atomic mass is 10.2. The van der Waals surface area contributed by atoms with E-state index in [0.29, 0.717) is 17.5 Å². The molecule has 1 aromatic heterocycles. The number of nitrogens with two attached hydrogens (primary N) is 1. The third-order valence-electron chi connectivity index (χ3n) is 3.48. The molecule has 1 heterocycles. The lowest BCUT2D eigenvalue weighted by Crippen LogP contribution is -2.27. The van der Waals surface area contributed by atoms with Crippen LogP contribution >= 0.6 is 11.8 Å². The Kier molecular flexibility index (Phi) is 6.03. The third-order valence-corrected chi connectivity index (χ3v) is 4.31. The van der Waals surface area contributed by atoms with E-state index in [1.54, 1.807) is 18.0 Å². The Balaban J connectivity index is 1.89. The van der Waals surface area contributed by atoms with Crippen LogP contribution in [0.4, 0.5) is 11.5 Å². The van der Waals surface area contributed by atoms with Crippen LogP contribution in [0.5, 0.6) is 0 Å². The number of carbonyl (C=O) groups is 1. The van der Waals surface area contributed by atoms with E-state index < -0.39 is 0 Å². The molecule has 2 rings (SSSR count). The van der Waals surface area contributed by atoms with Gasteiger partial charge in [0, 0.05) is 45.1 Å². The molecule has 0 unspecified atom stereocenters. The van der Waals surface area contributed by atoms with Crippen LogP contribution < -0.4 is 10.6 Å². The van der Waals surface area contributed by atoms with Crippen LogP contribution in [0.2, 0.25) is 0 Å². The molecule has 0 bridgehead atoms. The molecule has 2 aromatic rings. The van der Waals surface area contributed by atoms with E-state index in [1.165, 1.54) is 11.8 Å². The minimum atomic E-state index is 0.0281. The van der Waals surface area contributed by atoms with Gasteiger partial charge in [-0.3, -0.25) is 4.79 Å². The van der Waals surface area contributed by atoms with Crippen LogP contribution in [0.25, 0.3) is 0 Å². The summed E-state index contributed by atoms with van der Waals surface area (Å²) in [6.07, 6.45) is 0. The Morgan fingerprint density at radius 2 is 1.83 bits per heavy atom. The van der Waals surface area contributed by atoms with Gasteiger partial charge in [-0.05, 0) is 24.6 Å². The number of benzene rings is 1. The van der Waals surface area contributed by atoms with Crippen molar-refractivity contribution < 1.29 is 4.79 Å². The lowest BCUT2D eigenvalue weighted by Gasteiger charge is -2.18. The van der Waals surface area contributed by atoms with Gasteiger partial charge >= 0.3 is 0 Å². The number of amides is 1. The van der Waals surface area contributed by atoms with Crippen molar-refractivity contribution in [2.75, 3.05) is 37.5 Å². The highest BCUT2D eigenvalue weighted by Gasteiger charge is 2.11. The van der Waals surface area contributed by atoms with Gasteiger partial charge in [-0.1, -0.05) is 23.9 Å². The maximum absolute atomic E-state index is 12.3. The normalized spacial score (nSPS) is 10.5. The molecule has 6 nitrogen and oxygen atoms in total. The van der Waals surface area contributed by atoms with E-state index in [9.17, 15) is 4.79 Å². The highest BCUT2D eigenvalue weighted by Crippen LogP contribution is 2.17. The summed E-state index contributed by atoms with van der Waals surface area (Å²) >= 11 is 1.30. The molecular weight excluding hydrogens is 322 g/mol. The van der Waals surface area contributed by atoms with Crippen molar-refractivity contribution in [1.29, 1.82) is 0 Å². The van der Waals surface area contributed by atoms with E-state index in [1.807, 2.05) is 50.2 Å². The quantitative estimate of drug-likeness (QED) is 0.639. The molecule has 1 aromatic carbocycles. The van der Waals surface area contributed by atoms with Crippen LogP contribution in [0.1, 0.15) is 11.3 Å². The molecule has 0 spiro atoms. The molecule has 7 heteroatoms. The SMILES string of the molecule is Cc1cc(N)nc(SCC(=O)N(C)Cc2ccc(N(C)C)cc2)n1. The number of aryl methyl sites for hydroxylation is 1. The summed E-state index contributed by atoms with van der Waals surface area (Å²) in [5.74, 6) is 0.738. The Bertz CT molecular complexity index is 682. The topological polar surface area (TPSA) is 75.3 Å². The van der Waals surface area contributed by atoms with Crippen molar-refractivity contribution in [3.05, 3.63) is 41.6 Å². The first-order valence-electron chi connectivity index (χ1n) is 7.59. The molecule has 0 saturated heterocycles. The van der Waals surface area contributed by atoms with Crippen molar-refractivity contribution in [2.45, 2.75) is 18.6 Å². The molecule has 0 atom stereocenters. The molecule has 0 fully saturated rings. The largest absolute Gasteiger partial charge is 0.384 e. The summed E-state index contributed by atoms with van der Waals surface area (Å²) < 4.78 is 0. The first kappa shape index (κ1) is 18.1. The number of aromatic nitrogens is 2. The third kappa shape index (κ3) is 5.13. The molecule has 1 amide bonds. The smallest absolute Gasteiger partial charge is 0.233 e. The van der Waals surface area contributed by atoms with Gasteiger partial charge in [0.15, 0.2) is 5.16 Å². The number of anilines is 2. The van der Waals surface area contributed by atoms with E-state index in [2.05, 4.69) is 9.97 Å². The van der Waals surface area contributed by atoms with Gasteiger partial charge in [0.05, 0.1) is 5.75 Å². The average Bonchev–Trinajstić information content (AvgIpc) is 2.52. The fraction of sp³-hybridized carbons (Fsp3) is 0.353. The number of hydrogen-bond acceptors (Lipinski definition) is 6. The first-order valence-corrected chi connectivity index (χ1v) is 8.58. The van der Waals surface area contributed by atoms with Crippen molar-refractivity contribution in [1.82, 2.24) is 14.9 Å². The van der Waals surface area contributed by atoms with Gasteiger partial charge in [-0.2, -0.15) is 0 Å². The van der Waals surface area contributed by atoms with Gasteiger partial charge in [0.25, 0.3) is 0 Å². The van der Waals surface area contributed by atoms with Gasteiger partial charge in [0.2, 0.25) is 5.91 Å². The second-order valence-electron chi connectivity index (χ2n) is 5.82. The summed E-state index contributed by atoms with van der Waals surface area (Å²) in [6.45, 7) is 2.43. The monoisotopic (exact) mass is 345 g/mol. The minimum absolute atomic E-state index is 0.0281. The Morgan fingerprint density at radius 1 is 1.17 bits per heavy atom. The van der Waals surface area contributed by atoms with Crippen molar-refractivity contribution in [2.24, 2.45) is 0 Å². The number of hydrogen-bond donors (Lipinski definition) is 1. The van der Waals surface area contributed by atoms with Gasteiger partial charge < -0.3 is 15.5 Å². The number of rotatable bonds is 6. The predicted molar refractivity (Wildman–Crippen MR) is 99.1 cm³/mol. The Labute approximate surface area is 147 Å². The van der Waals surface area contributed by atoms with Crippen LogP contribution in [0, 0.1) is 6.92 Å². The first-order chi connectivity index (χ1) is 11.3. The van der Waals surface area contributed by atoms with E-state index in [4.69, 9.17) is 5.73 Å². The van der Waals surface area contributed by atoms with Crippen LogP contribution in [0.15, 0.2) is 35.5 Å². The highest BCUT2D eigenvalue weighted by atomic mass is 32.2. The second kappa shape index (κ2) is 8.01. The van der Waals surface area contributed by atoms with Gasteiger partial charge in [-0.25, -0.2) is 9.97 Å². The molecule has 2 N–H and O–H groups in total. The Morgan fingerprint density at radius 3 is 2.42 bits per heavy atom. The van der Waals surface area contributed by atoms with Gasteiger partial charge in [0.1, 0.15) is 5.82 Å². The van der Waals surface area contributed by atoms with Crippen LogP contribution in [0.3, 0.4) is 0 Å². The molecule has 0 aliphatic rings. The minimum Gasteiger partial charge on any atom is -0.384 e. The van der Waals surface area contributed by atoms with Crippen molar-refractivity contribution >= 4 is 29.2 Å². The summed E-state index contributed by atoms with van der Waals surface area (Å²) in [6, 6.07) is 9.88. The molecule has 128 valence electrons. The maximum Gasteiger partial charge on any atom is 0.233 e. The second-order valence-corrected chi connectivity index (χ2v) is 6.76.